The largest absolute Gasteiger partial charge is 0.472 e. The lowest BCUT2D eigenvalue weighted by molar-refractivity contribution is -0.161. The fourth-order valence-corrected chi connectivity index (χ4v) is 6.22. The Kier molecular flexibility index (Phi) is 34.0. The molecule has 3 N–H and O–H groups in total. The number of rotatable bonds is 38. The molecule has 1 aliphatic heterocycles. The summed E-state index contributed by atoms with van der Waals surface area (Å²) in [5, 5.41) is 18.3. The summed E-state index contributed by atoms with van der Waals surface area (Å²) in [6.45, 7) is 2.16. The van der Waals surface area contributed by atoms with Gasteiger partial charge in [0.2, 0.25) is 0 Å². The van der Waals surface area contributed by atoms with Crippen LogP contribution in [0.1, 0.15) is 142 Å². The van der Waals surface area contributed by atoms with Gasteiger partial charge >= 0.3 is 19.8 Å². The number of esters is 2. The average Bonchev–Trinajstić information content (AvgIpc) is 3.97. The molecule has 0 amide bonds. The van der Waals surface area contributed by atoms with Crippen molar-refractivity contribution in [2.24, 2.45) is 0 Å². The normalized spacial score (nSPS) is 18.2. The summed E-state index contributed by atoms with van der Waals surface area (Å²) in [6.07, 6.45) is 45.9. The molecule has 1 heterocycles. The maximum Gasteiger partial charge on any atom is 0.472 e. The van der Waals surface area contributed by atoms with Gasteiger partial charge in [0, 0.05) is 12.8 Å². The molecule has 3 unspecified atom stereocenters. The predicted octanol–water partition coefficient (Wildman–Crippen LogP) is 10.4. The van der Waals surface area contributed by atoms with E-state index in [0.29, 0.717) is 37.9 Å². The van der Waals surface area contributed by atoms with E-state index < -0.39 is 51.8 Å². The van der Waals surface area contributed by atoms with Crippen molar-refractivity contribution in [1.82, 2.24) is 0 Å². The highest BCUT2D eigenvalue weighted by atomic mass is 31.2. The molecule has 1 rings (SSSR count). The molecule has 0 aromatic carbocycles. The second kappa shape index (κ2) is 37.1. The van der Waals surface area contributed by atoms with Crippen molar-refractivity contribution in [2.75, 3.05) is 26.4 Å². The van der Waals surface area contributed by atoms with Crippen LogP contribution in [0.4, 0.5) is 0 Å². The van der Waals surface area contributed by atoms with Crippen LogP contribution in [0.15, 0.2) is 85.1 Å². The lowest BCUT2D eigenvalue weighted by atomic mass is 10.1. The molecule has 12 heteroatoms. The van der Waals surface area contributed by atoms with E-state index in [-0.39, 0.29) is 19.4 Å². The summed E-state index contributed by atoms with van der Waals surface area (Å²) in [5.41, 5.74) is 0. The molecule has 0 bridgehead atoms. The minimum absolute atomic E-state index is 0.0890. The number of aliphatic hydroxyl groups is 2. The van der Waals surface area contributed by atoms with Crippen molar-refractivity contribution in [3.63, 3.8) is 0 Å². The molecule has 0 aromatic heterocycles. The number of carbonyl (C=O) groups excluding carboxylic acids is 2. The van der Waals surface area contributed by atoms with Gasteiger partial charge in [0.25, 0.3) is 0 Å². The summed E-state index contributed by atoms with van der Waals surface area (Å²) in [7, 11) is -4.65. The third-order valence-corrected chi connectivity index (χ3v) is 9.88. The van der Waals surface area contributed by atoms with E-state index in [2.05, 4.69) is 85.2 Å². The van der Waals surface area contributed by atoms with Gasteiger partial charge in [-0.15, -0.1) is 0 Å². The third kappa shape index (κ3) is 34.0. The number of hydrogen-bond acceptors (Lipinski definition) is 10. The molecule has 0 aliphatic carbocycles. The molecule has 1 fully saturated rings. The fourth-order valence-electron chi connectivity index (χ4n) is 5.43. The number of carbonyl (C=O) groups is 2. The standard InChI is InChI=1S/C46H75O11P/c1-3-5-7-9-11-12-13-14-15-16-17-18-19-20-23-28-32-36-46(50)56-42(40-55-58(51,52)54-38-41(48)37-47)39-53-45(49)35-31-27-24-21-22-26-30-34-44-43(57-44)33-29-25-10-8-6-4-2/h11-12,14-15,17-18,20-21,23-26,29-30,41-44,47-48H,3-10,13,16,19,22,27-28,31-40H2,1-2H3,(H,51,52)/b12-11-,15-14-,18-17-,23-20-,24-21-,29-25-,30-26-/t41-,42+,43?,44?/m0/s1. The van der Waals surface area contributed by atoms with Gasteiger partial charge in [-0.1, -0.05) is 125 Å². The lowest BCUT2D eigenvalue weighted by Crippen LogP contribution is -2.29. The minimum atomic E-state index is -4.65. The zero-order chi connectivity index (χ0) is 42.4. The summed E-state index contributed by atoms with van der Waals surface area (Å²) < 4.78 is 38.3. The van der Waals surface area contributed by atoms with Crippen molar-refractivity contribution in [3.05, 3.63) is 85.1 Å². The van der Waals surface area contributed by atoms with Gasteiger partial charge in [0.15, 0.2) is 6.10 Å². The highest BCUT2D eigenvalue weighted by molar-refractivity contribution is 7.47. The molecular weight excluding hydrogens is 759 g/mol. The van der Waals surface area contributed by atoms with Crippen LogP contribution in [0.2, 0.25) is 0 Å². The molecule has 0 spiro atoms. The van der Waals surface area contributed by atoms with Crippen molar-refractivity contribution in [2.45, 2.75) is 167 Å². The Morgan fingerprint density at radius 1 is 0.603 bits per heavy atom. The zero-order valence-electron chi connectivity index (χ0n) is 35.4. The SMILES string of the molecule is CCCCC/C=C\C/C=C\C/C=C\C/C=C\CCCC(=O)O[C@H](COC(=O)CCC/C=C\C/C=C\CC1OC1C/C=C\CCCCC)COP(=O)(O)OC[C@@H](O)CO. The lowest BCUT2D eigenvalue weighted by Gasteiger charge is -2.20. The van der Waals surface area contributed by atoms with E-state index in [1.54, 1.807) is 0 Å². The van der Waals surface area contributed by atoms with Crippen LogP contribution in [0.25, 0.3) is 0 Å². The molecular formula is C46H75O11P. The summed E-state index contributed by atoms with van der Waals surface area (Å²) in [6, 6.07) is 0. The van der Waals surface area contributed by atoms with Gasteiger partial charge in [-0.25, -0.2) is 4.57 Å². The smallest absolute Gasteiger partial charge is 0.462 e. The van der Waals surface area contributed by atoms with E-state index >= 15 is 0 Å². The molecule has 330 valence electrons. The van der Waals surface area contributed by atoms with E-state index in [4.69, 9.17) is 23.8 Å². The first-order valence-electron chi connectivity index (χ1n) is 21.7. The highest BCUT2D eigenvalue weighted by Gasteiger charge is 2.36. The van der Waals surface area contributed by atoms with Gasteiger partial charge in [0.1, 0.15) is 12.7 Å². The Bertz CT molecular complexity index is 1300. The van der Waals surface area contributed by atoms with Crippen molar-refractivity contribution in [3.8, 4) is 0 Å². The predicted molar refractivity (Wildman–Crippen MR) is 232 cm³/mol. The number of aliphatic hydroxyl groups excluding tert-OH is 2. The quantitative estimate of drug-likeness (QED) is 0.0178. The van der Waals surface area contributed by atoms with Crippen LogP contribution in [0.3, 0.4) is 0 Å². The second-order valence-corrected chi connectivity index (χ2v) is 15.8. The maximum atomic E-state index is 12.6. The fraction of sp³-hybridized carbons (Fsp3) is 0.652. The summed E-state index contributed by atoms with van der Waals surface area (Å²) in [4.78, 5) is 35.0. The van der Waals surface area contributed by atoms with Gasteiger partial charge in [0.05, 0.1) is 32.0 Å². The Labute approximate surface area is 349 Å². The van der Waals surface area contributed by atoms with Crippen LogP contribution in [-0.4, -0.2) is 77.9 Å². The number of phosphoric ester groups is 1. The average molecular weight is 835 g/mol. The molecule has 58 heavy (non-hydrogen) atoms. The first-order chi connectivity index (χ1) is 28.2. The molecule has 11 nitrogen and oxygen atoms in total. The Hall–Kier alpha value is -2.89. The van der Waals surface area contributed by atoms with Crippen LogP contribution in [0.5, 0.6) is 0 Å². The number of allylic oxidation sites excluding steroid dienone is 12. The number of epoxide rings is 1. The van der Waals surface area contributed by atoms with Crippen LogP contribution in [-0.2, 0) is 37.4 Å². The Morgan fingerprint density at radius 2 is 1.03 bits per heavy atom. The molecule has 0 saturated carbocycles. The van der Waals surface area contributed by atoms with Gasteiger partial charge < -0.3 is 29.3 Å². The van der Waals surface area contributed by atoms with E-state index in [0.717, 1.165) is 51.4 Å². The zero-order valence-corrected chi connectivity index (χ0v) is 36.3. The van der Waals surface area contributed by atoms with Gasteiger partial charge in [-0.3, -0.25) is 18.6 Å². The molecule has 1 saturated heterocycles. The van der Waals surface area contributed by atoms with Crippen molar-refractivity contribution < 1.29 is 52.5 Å². The monoisotopic (exact) mass is 835 g/mol. The number of phosphoric acid groups is 1. The Morgan fingerprint density at radius 3 is 1.55 bits per heavy atom. The van der Waals surface area contributed by atoms with Crippen molar-refractivity contribution in [1.29, 1.82) is 0 Å². The van der Waals surface area contributed by atoms with Crippen LogP contribution < -0.4 is 0 Å². The van der Waals surface area contributed by atoms with E-state index in [1.807, 2.05) is 18.2 Å². The topological polar surface area (TPSA) is 161 Å². The first kappa shape index (κ1) is 53.1. The molecule has 1 aliphatic rings. The maximum absolute atomic E-state index is 12.6. The van der Waals surface area contributed by atoms with Crippen molar-refractivity contribution >= 4 is 19.8 Å². The summed E-state index contributed by atoms with van der Waals surface area (Å²) >= 11 is 0. The second-order valence-electron chi connectivity index (χ2n) is 14.4. The van der Waals surface area contributed by atoms with Gasteiger partial charge in [-0.05, 0) is 89.9 Å². The summed E-state index contributed by atoms with van der Waals surface area (Å²) in [5.74, 6) is -1.07. The highest BCUT2D eigenvalue weighted by Crippen LogP contribution is 2.43. The first-order valence-corrected chi connectivity index (χ1v) is 23.2. The number of ether oxygens (including phenoxy) is 3. The van der Waals surface area contributed by atoms with E-state index in [1.165, 1.54) is 38.5 Å². The molecule has 0 aromatic rings. The number of hydrogen-bond donors (Lipinski definition) is 3. The molecule has 5 atom stereocenters. The minimum Gasteiger partial charge on any atom is -0.462 e. The number of unbranched alkanes of at least 4 members (excludes halogenated alkanes) is 8. The van der Waals surface area contributed by atoms with Crippen LogP contribution >= 0.6 is 7.82 Å². The van der Waals surface area contributed by atoms with E-state index in [9.17, 15) is 24.2 Å². The third-order valence-electron chi connectivity index (χ3n) is 8.92. The molecule has 0 radical (unpaired) electrons. The Balaban J connectivity index is 2.35. The van der Waals surface area contributed by atoms with Crippen LogP contribution in [0, 0.1) is 0 Å². The van der Waals surface area contributed by atoms with Gasteiger partial charge in [-0.2, -0.15) is 0 Å².